The quantitative estimate of drug-likeness (QED) is 0.478. The summed E-state index contributed by atoms with van der Waals surface area (Å²) >= 11 is 0. The summed E-state index contributed by atoms with van der Waals surface area (Å²) in [4.78, 5) is 0. The first-order valence-corrected chi connectivity index (χ1v) is 5.65. The Bertz CT molecular complexity index is 200. The van der Waals surface area contributed by atoms with Crippen molar-refractivity contribution in [1.29, 1.82) is 0 Å². The van der Waals surface area contributed by atoms with Crippen LogP contribution in [-0.2, 0) is 0 Å². The summed E-state index contributed by atoms with van der Waals surface area (Å²) in [5.74, 6) is 5.69. The Kier molecular flexibility index (Phi) is 3.82. The standard InChI is InChI=1S/C10H18S/c1-3-9-5-4-6-10(9)7-8-11-2/h9-11H,2-7H2,1H3. The maximum absolute atomic E-state index is 3.76. The van der Waals surface area contributed by atoms with E-state index in [0.717, 1.165) is 22.6 Å². The summed E-state index contributed by atoms with van der Waals surface area (Å²) in [7, 11) is 1.09. The third kappa shape index (κ3) is 2.43. The monoisotopic (exact) mass is 170 g/mol. The van der Waals surface area contributed by atoms with Crippen molar-refractivity contribution >= 4 is 16.6 Å². The van der Waals surface area contributed by atoms with Crippen LogP contribution in [0.1, 0.15) is 39.0 Å². The molecule has 0 spiro atoms. The first-order chi connectivity index (χ1) is 5.38. The number of hydrogen-bond acceptors (Lipinski definition) is 0. The summed E-state index contributed by atoms with van der Waals surface area (Å²) in [6.07, 6.45) is 6.88. The van der Waals surface area contributed by atoms with Crippen LogP contribution in [0.25, 0.3) is 0 Å². The van der Waals surface area contributed by atoms with E-state index in [1.165, 1.54) is 32.1 Å². The third-order valence-electron chi connectivity index (χ3n) is 2.81. The predicted octanol–water partition coefficient (Wildman–Crippen LogP) is 3.06. The van der Waals surface area contributed by atoms with Crippen molar-refractivity contribution in [2.75, 3.05) is 0 Å². The van der Waals surface area contributed by atoms with Crippen molar-refractivity contribution in [2.24, 2.45) is 11.8 Å². The highest BCUT2D eigenvalue weighted by Gasteiger charge is 2.24. The van der Waals surface area contributed by atoms with Gasteiger partial charge in [0.05, 0.1) is 0 Å². The van der Waals surface area contributed by atoms with Crippen LogP contribution in [0, 0.1) is 17.0 Å². The highest BCUT2D eigenvalue weighted by atomic mass is 32.1. The minimum atomic E-state index is 0.939. The normalized spacial score (nSPS) is 29.9. The van der Waals surface area contributed by atoms with Crippen LogP contribution in [0.5, 0.6) is 0 Å². The molecule has 0 aromatic rings. The van der Waals surface area contributed by atoms with E-state index in [2.05, 4.69) is 18.0 Å². The molecule has 0 nitrogen and oxygen atoms in total. The molecule has 1 aliphatic carbocycles. The van der Waals surface area contributed by atoms with Gasteiger partial charge in [0.15, 0.2) is 0 Å². The zero-order chi connectivity index (χ0) is 8.10. The molecule has 0 saturated heterocycles. The molecule has 1 rings (SSSR count). The zero-order valence-electron chi connectivity index (χ0n) is 7.34. The van der Waals surface area contributed by atoms with Crippen molar-refractivity contribution in [3.63, 3.8) is 0 Å². The molecule has 0 aliphatic heterocycles. The average molecular weight is 170 g/mol. The van der Waals surface area contributed by atoms with Crippen LogP contribution in [0.3, 0.4) is 0 Å². The van der Waals surface area contributed by atoms with Crippen LogP contribution in [0.4, 0.5) is 0 Å². The summed E-state index contributed by atoms with van der Waals surface area (Å²) in [5, 5.41) is 3.32. The van der Waals surface area contributed by atoms with Gasteiger partial charge in [0.2, 0.25) is 0 Å². The van der Waals surface area contributed by atoms with Gasteiger partial charge in [-0.05, 0) is 18.3 Å². The van der Waals surface area contributed by atoms with Gasteiger partial charge in [0.1, 0.15) is 0 Å². The highest BCUT2D eigenvalue weighted by Crippen LogP contribution is 2.35. The molecule has 0 aromatic carbocycles. The molecule has 64 valence electrons. The van der Waals surface area contributed by atoms with E-state index >= 15 is 0 Å². The smallest absolute Gasteiger partial charge is 0.0131 e. The molecule has 0 bridgehead atoms. The van der Waals surface area contributed by atoms with Gasteiger partial charge in [-0.15, -0.1) is 5.18 Å². The van der Waals surface area contributed by atoms with Gasteiger partial charge in [-0.1, -0.05) is 32.1 Å². The maximum Gasteiger partial charge on any atom is 0.0131 e. The van der Waals surface area contributed by atoms with Crippen LogP contribution in [0.15, 0.2) is 0 Å². The second kappa shape index (κ2) is 4.69. The Hall–Kier alpha value is -0.130. The fourth-order valence-electron chi connectivity index (χ4n) is 2.10. The molecule has 2 atom stereocenters. The number of hydrogen-bond donors (Lipinski definition) is 1. The lowest BCUT2D eigenvalue weighted by molar-refractivity contribution is 0.385. The van der Waals surface area contributed by atoms with Gasteiger partial charge in [-0.25, -0.2) is 10.8 Å². The van der Waals surface area contributed by atoms with Gasteiger partial charge in [0, 0.05) is 6.42 Å². The summed E-state index contributed by atoms with van der Waals surface area (Å²) in [6.45, 7) is 2.31. The second-order valence-corrected chi connectivity index (χ2v) is 4.01. The maximum atomic E-state index is 3.76. The van der Waals surface area contributed by atoms with E-state index in [1.54, 1.807) is 0 Å². The van der Waals surface area contributed by atoms with Crippen LogP contribution < -0.4 is 0 Å². The number of thiol groups is 1. The van der Waals surface area contributed by atoms with Crippen LogP contribution >= 0.6 is 10.8 Å². The Labute approximate surface area is 73.2 Å². The lowest BCUT2D eigenvalue weighted by Gasteiger charge is -2.13. The van der Waals surface area contributed by atoms with Gasteiger partial charge >= 0.3 is 0 Å². The molecule has 0 radical (unpaired) electrons. The number of rotatable bonds is 2. The van der Waals surface area contributed by atoms with Gasteiger partial charge in [0.25, 0.3) is 0 Å². The molecule has 0 amide bonds. The molecule has 1 fully saturated rings. The van der Waals surface area contributed by atoms with E-state index in [1.807, 2.05) is 0 Å². The Morgan fingerprint density at radius 3 is 2.82 bits per heavy atom. The van der Waals surface area contributed by atoms with Gasteiger partial charge in [-0.2, -0.15) is 0 Å². The fourth-order valence-corrected chi connectivity index (χ4v) is 2.47. The minimum absolute atomic E-state index is 0.939. The molecule has 0 heterocycles. The van der Waals surface area contributed by atoms with Gasteiger partial charge < -0.3 is 0 Å². The summed E-state index contributed by atoms with van der Waals surface area (Å²) in [5.41, 5.74) is 0. The van der Waals surface area contributed by atoms with Crippen molar-refractivity contribution in [2.45, 2.75) is 39.0 Å². The minimum Gasteiger partial charge on any atom is -0.204 e. The summed E-state index contributed by atoms with van der Waals surface area (Å²) < 4.78 is 0. The topological polar surface area (TPSA) is 0 Å². The van der Waals surface area contributed by atoms with Crippen LogP contribution in [-0.4, -0.2) is 5.87 Å². The molecular weight excluding hydrogens is 152 g/mol. The fraction of sp³-hybridized carbons (Fsp3) is 0.800. The Morgan fingerprint density at radius 1 is 1.45 bits per heavy atom. The van der Waals surface area contributed by atoms with Crippen LogP contribution in [0.2, 0.25) is 0 Å². The Morgan fingerprint density at radius 2 is 2.18 bits per heavy atom. The van der Waals surface area contributed by atoms with E-state index < -0.39 is 0 Å². The molecule has 0 aromatic heterocycles. The van der Waals surface area contributed by atoms with Crippen molar-refractivity contribution in [3.8, 4) is 5.18 Å². The van der Waals surface area contributed by atoms with E-state index in [-0.39, 0.29) is 0 Å². The predicted molar refractivity (Wildman–Crippen MR) is 55.7 cm³/mol. The molecule has 1 saturated carbocycles. The molecule has 0 N–H and O–H groups in total. The van der Waals surface area contributed by atoms with Crippen molar-refractivity contribution in [1.82, 2.24) is 0 Å². The first kappa shape index (κ1) is 8.96. The molecule has 2 unspecified atom stereocenters. The molecular formula is C10H18S. The molecule has 1 heteroatoms. The molecule has 1 aliphatic rings. The highest BCUT2D eigenvalue weighted by molar-refractivity contribution is 7.86. The summed E-state index contributed by atoms with van der Waals surface area (Å²) in [6, 6.07) is 0. The van der Waals surface area contributed by atoms with Crippen molar-refractivity contribution in [3.05, 3.63) is 0 Å². The second-order valence-electron chi connectivity index (χ2n) is 3.38. The zero-order valence-corrected chi connectivity index (χ0v) is 8.24. The molecule has 11 heavy (non-hydrogen) atoms. The first-order valence-electron chi connectivity index (χ1n) is 4.57. The largest absolute Gasteiger partial charge is 0.204 e. The van der Waals surface area contributed by atoms with E-state index in [9.17, 15) is 0 Å². The SMILES string of the molecule is C=[SH]#CCC1CCCC1CC. The third-order valence-corrected chi connectivity index (χ3v) is 3.21. The lowest BCUT2D eigenvalue weighted by Crippen LogP contribution is -2.04. The van der Waals surface area contributed by atoms with Crippen molar-refractivity contribution < 1.29 is 0 Å². The lowest BCUT2D eigenvalue weighted by atomic mass is 9.92. The average Bonchev–Trinajstić information content (AvgIpc) is 2.47. The van der Waals surface area contributed by atoms with E-state index in [0.29, 0.717) is 0 Å². The Balaban J connectivity index is 2.41. The van der Waals surface area contributed by atoms with Gasteiger partial charge in [-0.3, -0.25) is 0 Å². The van der Waals surface area contributed by atoms with E-state index in [4.69, 9.17) is 0 Å².